The Bertz CT molecular complexity index is 1290. The molecule has 9 heteroatoms. The van der Waals surface area contributed by atoms with Crippen molar-refractivity contribution in [3.8, 4) is 11.5 Å². The van der Waals surface area contributed by atoms with Crippen LogP contribution in [0.25, 0.3) is 0 Å². The molecule has 3 aromatic rings. The van der Waals surface area contributed by atoms with E-state index in [1.54, 1.807) is 17.9 Å². The van der Waals surface area contributed by atoms with Gasteiger partial charge < -0.3 is 19.1 Å². The molecule has 0 unspecified atom stereocenters. The number of ether oxygens (including phenoxy) is 3. The minimum Gasteiger partial charge on any atom is -0.482 e. The minimum atomic E-state index is -4.77. The van der Waals surface area contributed by atoms with Gasteiger partial charge in [-0.25, -0.2) is 4.79 Å². The zero-order chi connectivity index (χ0) is 26.6. The van der Waals surface area contributed by atoms with Crippen LogP contribution in [0.15, 0.2) is 60.7 Å². The van der Waals surface area contributed by atoms with Crippen LogP contribution in [-0.4, -0.2) is 31.5 Å². The van der Waals surface area contributed by atoms with E-state index in [1.165, 1.54) is 24.3 Å². The molecule has 0 bridgehead atoms. The molecule has 1 amide bonds. The van der Waals surface area contributed by atoms with Crippen LogP contribution in [0.1, 0.15) is 39.5 Å². The molecule has 37 heavy (non-hydrogen) atoms. The van der Waals surface area contributed by atoms with E-state index in [1.807, 2.05) is 37.3 Å². The lowest BCUT2D eigenvalue weighted by Gasteiger charge is -2.17. The summed E-state index contributed by atoms with van der Waals surface area (Å²) in [5.41, 5.74) is 5.02. The van der Waals surface area contributed by atoms with Crippen molar-refractivity contribution >= 4 is 17.6 Å². The van der Waals surface area contributed by atoms with Crippen LogP contribution < -0.4 is 14.4 Å². The van der Waals surface area contributed by atoms with Gasteiger partial charge in [-0.1, -0.05) is 24.3 Å². The third kappa shape index (κ3) is 6.41. The third-order valence-corrected chi connectivity index (χ3v) is 6.02. The van der Waals surface area contributed by atoms with Crippen LogP contribution in [0.5, 0.6) is 11.5 Å². The second kappa shape index (κ2) is 10.9. The number of carbonyl (C=O) groups excluding carboxylic acids is 2. The highest BCUT2D eigenvalue weighted by Crippen LogP contribution is 2.33. The first kappa shape index (κ1) is 26.1. The Morgan fingerprint density at radius 3 is 2.46 bits per heavy atom. The Hall–Kier alpha value is -4.01. The van der Waals surface area contributed by atoms with E-state index >= 15 is 0 Å². The molecule has 0 saturated heterocycles. The van der Waals surface area contributed by atoms with E-state index in [4.69, 9.17) is 9.47 Å². The summed E-state index contributed by atoms with van der Waals surface area (Å²) in [7, 11) is 0. The van der Waals surface area contributed by atoms with Gasteiger partial charge in [-0.3, -0.25) is 4.79 Å². The van der Waals surface area contributed by atoms with Crippen molar-refractivity contribution in [1.82, 2.24) is 0 Å². The predicted octanol–water partition coefficient (Wildman–Crippen LogP) is 5.78. The van der Waals surface area contributed by atoms with Gasteiger partial charge in [-0.15, -0.1) is 13.2 Å². The summed E-state index contributed by atoms with van der Waals surface area (Å²) in [6, 6.07) is 16.7. The molecule has 1 aliphatic rings. The molecule has 0 aliphatic carbocycles. The summed E-state index contributed by atoms with van der Waals surface area (Å²) in [6.07, 6.45) is -3.34. The molecule has 4 rings (SSSR count). The molecular weight excluding hydrogens is 487 g/mol. The molecule has 1 heterocycles. The average Bonchev–Trinajstić information content (AvgIpc) is 3.19. The summed E-state index contributed by atoms with van der Waals surface area (Å²) in [4.78, 5) is 26.1. The number of halogens is 3. The molecule has 0 atom stereocenters. The highest BCUT2D eigenvalue weighted by molar-refractivity contribution is 6.10. The van der Waals surface area contributed by atoms with E-state index in [9.17, 15) is 22.8 Å². The van der Waals surface area contributed by atoms with Gasteiger partial charge in [-0.05, 0) is 85.3 Å². The smallest absolute Gasteiger partial charge is 0.482 e. The highest BCUT2D eigenvalue weighted by atomic mass is 19.4. The van der Waals surface area contributed by atoms with Crippen LogP contribution >= 0.6 is 0 Å². The number of hydrogen-bond donors (Lipinski definition) is 0. The third-order valence-electron chi connectivity index (χ3n) is 6.02. The van der Waals surface area contributed by atoms with Crippen LogP contribution in [0, 0.1) is 6.92 Å². The fourth-order valence-corrected chi connectivity index (χ4v) is 4.31. The molecular formula is C28H26F3NO5. The maximum absolute atomic E-state index is 13.0. The van der Waals surface area contributed by atoms with Crippen molar-refractivity contribution in [2.75, 3.05) is 18.1 Å². The number of alkyl halides is 3. The second-order valence-corrected chi connectivity index (χ2v) is 8.57. The largest absolute Gasteiger partial charge is 0.573 e. The molecule has 0 radical (unpaired) electrons. The Morgan fingerprint density at radius 2 is 1.78 bits per heavy atom. The van der Waals surface area contributed by atoms with Gasteiger partial charge in [0.1, 0.15) is 11.5 Å². The van der Waals surface area contributed by atoms with Gasteiger partial charge in [-0.2, -0.15) is 0 Å². The summed E-state index contributed by atoms with van der Waals surface area (Å²) in [5, 5.41) is 0. The van der Waals surface area contributed by atoms with Crippen molar-refractivity contribution in [2.24, 2.45) is 0 Å². The molecule has 0 N–H and O–H groups in total. The maximum Gasteiger partial charge on any atom is 0.573 e. The monoisotopic (exact) mass is 513 g/mol. The normalized spacial score (nSPS) is 12.9. The Labute approximate surface area is 212 Å². The molecule has 194 valence electrons. The molecule has 3 aromatic carbocycles. The summed E-state index contributed by atoms with van der Waals surface area (Å²) in [5.74, 6) is -0.336. The Kier molecular flexibility index (Phi) is 7.71. The quantitative estimate of drug-likeness (QED) is 0.340. The summed E-state index contributed by atoms with van der Waals surface area (Å²) < 4.78 is 51.7. The number of amides is 1. The molecule has 0 spiro atoms. The SMILES string of the molecule is CCOC(=O)COc1ccc(CCc2cccc3c2CN(c2ccc(OC(F)(F)F)cc2)C3=O)cc1C. The van der Waals surface area contributed by atoms with Crippen molar-refractivity contribution in [3.63, 3.8) is 0 Å². The van der Waals surface area contributed by atoms with Crippen LogP contribution in [0.4, 0.5) is 18.9 Å². The van der Waals surface area contributed by atoms with E-state index in [-0.39, 0.29) is 18.3 Å². The number of fused-ring (bicyclic) bond motifs is 1. The van der Waals surface area contributed by atoms with Crippen molar-refractivity contribution in [1.29, 1.82) is 0 Å². The predicted molar refractivity (Wildman–Crippen MR) is 131 cm³/mol. The minimum absolute atomic E-state index is 0.146. The lowest BCUT2D eigenvalue weighted by Crippen LogP contribution is -2.23. The number of nitrogens with zero attached hydrogens (tertiary/aromatic N) is 1. The summed E-state index contributed by atoms with van der Waals surface area (Å²) >= 11 is 0. The van der Waals surface area contributed by atoms with Crippen LogP contribution in [0.2, 0.25) is 0 Å². The number of anilines is 1. The second-order valence-electron chi connectivity index (χ2n) is 8.57. The van der Waals surface area contributed by atoms with Crippen molar-refractivity contribution < 1.29 is 37.0 Å². The van der Waals surface area contributed by atoms with Gasteiger partial charge in [0.2, 0.25) is 0 Å². The fourth-order valence-electron chi connectivity index (χ4n) is 4.31. The molecule has 0 saturated carbocycles. The van der Waals surface area contributed by atoms with Gasteiger partial charge >= 0.3 is 12.3 Å². The lowest BCUT2D eigenvalue weighted by atomic mass is 9.97. The Balaban J connectivity index is 1.42. The summed E-state index contributed by atoms with van der Waals surface area (Å²) in [6.45, 7) is 4.14. The molecule has 1 aliphatic heterocycles. The number of hydrogen-bond acceptors (Lipinski definition) is 5. The fraction of sp³-hybridized carbons (Fsp3) is 0.286. The Morgan fingerprint density at radius 1 is 1.03 bits per heavy atom. The standard InChI is InChI=1S/C28H26F3NO5/c1-3-35-26(33)17-36-25-14-8-19(15-18(25)2)7-9-20-5-4-6-23-24(20)16-32(27(23)34)21-10-12-22(13-11-21)37-28(29,30)31/h4-6,8,10-15H,3,7,9,16-17H2,1-2H3. The van der Waals surface area contributed by atoms with Gasteiger partial charge in [0.05, 0.1) is 13.2 Å². The zero-order valence-corrected chi connectivity index (χ0v) is 20.4. The number of benzene rings is 3. The lowest BCUT2D eigenvalue weighted by molar-refractivity contribution is -0.274. The van der Waals surface area contributed by atoms with Gasteiger partial charge in [0.15, 0.2) is 6.61 Å². The average molecular weight is 514 g/mol. The van der Waals surface area contributed by atoms with Gasteiger partial charge in [0, 0.05) is 11.3 Å². The first-order valence-electron chi connectivity index (χ1n) is 11.8. The van der Waals surface area contributed by atoms with Crippen molar-refractivity contribution in [3.05, 3.63) is 88.5 Å². The van der Waals surface area contributed by atoms with E-state index in [2.05, 4.69) is 4.74 Å². The van der Waals surface area contributed by atoms with Crippen LogP contribution in [-0.2, 0) is 28.9 Å². The van der Waals surface area contributed by atoms with Crippen molar-refractivity contribution in [2.45, 2.75) is 39.6 Å². The van der Waals surface area contributed by atoms with E-state index in [0.717, 1.165) is 28.7 Å². The molecule has 6 nitrogen and oxygen atoms in total. The zero-order valence-electron chi connectivity index (χ0n) is 20.4. The highest BCUT2D eigenvalue weighted by Gasteiger charge is 2.32. The number of aryl methyl sites for hydroxylation is 3. The topological polar surface area (TPSA) is 65.1 Å². The molecule has 0 aromatic heterocycles. The van der Waals surface area contributed by atoms with Crippen LogP contribution in [0.3, 0.4) is 0 Å². The molecule has 0 fully saturated rings. The number of rotatable bonds is 9. The van der Waals surface area contributed by atoms with E-state index < -0.39 is 12.3 Å². The number of esters is 1. The maximum atomic E-state index is 13.0. The van der Waals surface area contributed by atoms with E-state index in [0.29, 0.717) is 36.6 Å². The number of carbonyl (C=O) groups is 2. The first-order valence-corrected chi connectivity index (χ1v) is 11.8. The first-order chi connectivity index (χ1) is 17.6. The van der Waals surface area contributed by atoms with Gasteiger partial charge in [0.25, 0.3) is 5.91 Å².